The number of hydrogen-bond acceptors (Lipinski definition) is 3. The molecule has 0 aliphatic carbocycles. The van der Waals surface area contributed by atoms with E-state index in [1.54, 1.807) is 30.5 Å². The van der Waals surface area contributed by atoms with E-state index in [-0.39, 0.29) is 0 Å². The van der Waals surface area contributed by atoms with Gasteiger partial charge in [-0.3, -0.25) is 4.99 Å². The minimum absolute atomic E-state index is 0.677. The van der Waals surface area contributed by atoms with Crippen molar-refractivity contribution < 1.29 is 9.47 Å². The molecular weight excluding hydrogens is 417 g/mol. The Balaban J connectivity index is 1.36. The summed E-state index contributed by atoms with van der Waals surface area (Å²) < 4.78 is 11.6. The van der Waals surface area contributed by atoms with Crippen molar-refractivity contribution in [1.29, 1.82) is 0 Å². The van der Waals surface area contributed by atoms with Crippen LogP contribution in [0.2, 0.25) is 10.0 Å². The van der Waals surface area contributed by atoms with Crippen LogP contribution in [-0.2, 0) is 0 Å². The van der Waals surface area contributed by atoms with Gasteiger partial charge in [0.1, 0.15) is 23.0 Å². The molecule has 4 aromatic carbocycles. The van der Waals surface area contributed by atoms with E-state index in [0.29, 0.717) is 10.0 Å². The molecule has 0 aromatic heterocycles. The van der Waals surface area contributed by atoms with Crippen LogP contribution >= 0.6 is 23.2 Å². The number of ether oxygens (including phenoxy) is 2. The number of rotatable bonds is 6. The molecule has 0 amide bonds. The van der Waals surface area contributed by atoms with Gasteiger partial charge in [-0.1, -0.05) is 23.2 Å². The molecule has 0 atom stereocenters. The second kappa shape index (κ2) is 9.49. The summed E-state index contributed by atoms with van der Waals surface area (Å²) in [7, 11) is 0. The largest absolute Gasteiger partial charge is 0.457 e. The summed E-state index contributed by atoms with van der Waals surface area (Å²) >= 11 is 11.8. The Hall–Kier alpha value is -3.27. The molecule has 0 N–H and O–H groups in total. The van der Waals surface area contributed by atoms with Crippen LogP contribution in [0.4, 0.5) is 5.69 Å². The summed E-state index contributed by atoms with van der Waals surface area (Å²) in [6.07, 6.45) is 1.81. The number of nitrogens with zero attached hydrogens (tertiary/aromatic N) is 1. The number of halogens is 2. The molecule has 5 heteroatoms. The maximum absolute atomic E-state index is 5.89. The minimum Gasteiger partial charge on any atom is -0.457 e. The van der Waals surface area contributed by atoms with E-state index in [2.05, 4.69) is 4.99 Å². The standard InChI is InChI=1S/C25H17Cl2NO2/c26-19-3-11-23(12-4-19)29-22-9-1-18(2-10-22)17-28-21-7-15-25(16-8-21)30-24-13-5-20(27)6-14-24/h1-17H. The van der Waals surface area contributed by atoms with Crippen LogP contribution in [0.5, 0.6) is 23.0 Å². The fraction of sp³-hybridized carbons (Fsp3) is 0. The Kier molecular flexibility index (Phi) is 6.33. The molecule has 30 heavy (non-hydrogen) atoms. The highest BCUT2D eigenvalue weighted by Gasteiger charge is 1.99. The highest BCUT2D eigenvalue weighted by atomic mass is 35.5. The van der Waals surface area contributed by atoms with Gasteiger partial charge in [0.05, 0.1) is 5.69 Å². The van der Waals surface area contributed by atoms with E-state index in [0.717, 1.165) is 34.2 Å². The SMILES string of the molecule is Clc1ccc(Oc2ccc(C=Nc3ccc(Oc4ccc(Cl)cc4)cc3)cc2)cc1. The summed E-state index contributed by atoms with van der Waals surface area (Å²) in [4.78, 5) is 4.51. The van der Waals surface area contributed by atoms with Gasteiger partial charge in [-0.05, 0) is 103 Å². The van der Waals surface area contributed by atoms with Gasteiger partial charge in [-0.2, -0.15) is 0 Å². The van der Waals surface area contributed by atoms with Crippen molar-refractivity contribution in [3.8, 4) is 23.0 Å². The zero-order valence-corrected chi connectivity index (χ0v) is 17.3. The van der Waals surface area contributed by atoms with Crippen molar-refractivity contribution >= 4 is 35.1 Å². The average Bonchev–Trinajstić information content (AvgIpc) is 2.77. The first-order valence-corrected chi connectivity index (χ1v) is 10.0. The summed E-state index contributed by atoms with van der Waals surface area (Å²) in [5, 5.41) is 1.36. The molecule has 0 spiro atoms. The maximum Gasteiger partial charge on any atom is 0.127 e. The third-order valence-corrected chi connectivity index (χ3v) is 4.68. The quantitative estimate of drug-likeness (QED) is 0.286. The van der Waals surface area contributed by atoms with Crippen LogP contribution in [-0.4, -0.2) is 6.21 Å². The maximum atomic E-state index is 5.89. The molecular formula is C25H17Cl2NO2. The van der Waals surface area contributed by atoms with Crippen molar-refractivity contribution in [1.82, 2.24) is 0 Å². The summed E-state index contributed by atoms with van der Waals surface area (Å²) in [5.74, 6) is 2.96. The second-order valence-corrected chi connectivity index (χ2v) is 7.31. The molecule has 0 saturated carbocycles. The zero-order valence-electron chi connectivity index (χ0n) is 15.8. The van der Waals surface area contributed by atoms with Crippen molar-refractivity contribution in [2.45, 2.75) is 0 Å². The molecule has 4 rings (SSSR count). The van der Waals surface area contributed by atoms with Crippen molar-refractivity contribution in [3.63, 3.8) is 0 Å². The average molecular weight is 434 g/mol. The summed E-state index contributed by atoms with van der Waals surface area (Å²) in [6.45, 7) is 0. The van der Waals surface area contributed by atoms with Crippen LogP contribution in [0.15, 0.2) is 102 Å². The molecule has 0 saturated heterocycles. The fourth-order valence-electron chi connectivity index (χ4n) is 2.65. The van der Waals surface area contributed by atoms with Crippen LogP contribution in [0, 0.1) is 0 Å². The number of benzene rings is 4. The van der Waals surface area contributed by atoms with E-state index in [1.807, 2.05) is 72.8 Å². The van der Waals surface area contributed by atoms with Gasteiger partial charge in [0.25, 0.3) is 0 Å². The van der Waals surface area contributed by atoms with Gasteiger partial charge in [0.2, 0.25) is 0 Å². The van der Waals surface area contributed by atoms with Crippen molar-refractivity contribution in [2.75, 3.05) is 0 Å². The predicted octanol–water partition coefficient (Wildman–Crippen LogP) is 8.33. The first-order chi connectivity index (χ1) is 14.6. The molecule has 0 aliphatic rings. The molecule has 0 radical (unpaired) electrons. The highest BCUT2D eigenvalue weighted by molar-refractivity contribution is 6.30. The van der Waals surface area contributed by atoms with Crippen molar-refractivity contribution in [2.24, 2.45) is 4.99 Å². The topological polar surface area (TPSA) is 30.8 Å². The molecule has 148 valence electrons. The highest BCUT2D eigenvalue weighted by Crippen LogP contribution is 2.26. The fourth-order valence-corrected chi connectivity index (χ4v) is 2.90. The first kappa shape index (κ1) is 20.0. The Morgan fingerprint density at radius 3 is 1.30 bits per heavy atom. The van der Waals surface area contributed by atoms with Gasteiger partial charge in [-0.25, -0.2) is 0 Å². The van der Waals surface area contributed by atoms with Gasteiger partial charge >= 0.3 is 0 Å². The second-order valence-electron chi connectivity index (χ2n) is 6.43. The Morgan fingerprint density at radius 2 is 0.867 bits per heavy atom. The normalized spacial score (nSPS) is 10.9. The third-order valence-electron chi connectivity index (χ3n) is 4.18. The first-order valence-electron chi connectivity index (χ1n) is 9.25. The molecule has 0 aliphatic heterocycles. The van der Waals surface area contributed by atoms with Gasteiger partial charge < -0.3 is 9.47 Å². The lowest BCUT2D eigenvalue weighted by atomic mass is 10.2. The molecule has 0 unspecified atom stereocenters. The van der Waals surface area contributed by atoms with Gasteiger partial charge in [0.15, 0.2) is 0 Å². The van der Waals surface area contributed by atoms with Crippen LogP contribution in [0.1, 0.15) is 5.56 Å². The molecule has 4 aromatic rings. The Bertz CT molecular complexity index is 1030. The lowest BCUT2D eigenvalue weighted by Gasteiger charge is -2.06. The smallest absolute Gasteiger partial charge is 0.127 e. The van der Waals surface area contributed by atoms with E-state index in [1.165, 1.54) is 0 Å². The number of hydrogen-bond donors (Lipinski definition) is 0. The summed E-state index contributed by atoms with van der Waals surface area (Å²) in [6, 6.07) is 29.8. The van der Waals surface area contributed by atoms with Crippen molar-refractivity contribution in [3.05, 3.63) is 113 Å². The predicted molar refractivity (Wildman–Crippen MR) is 123 cm³/mol. The van der Waals surface area contributed by atoms with Crippen LogP contribution < -0.4 is 9.47 Å². The lowest BCUT2D eigenvalue weighted by Crippen LogP contribution is -1.85. The zero-order chi connectivity index (χ0) is 20.8. The van der Waals surface area contributed by atoms with Crippen LogP contribution in [0.3, 0.4) is 0 Å². The van der Waals surface area contributed by atoms with E-state index in [9.17, 15) is 0 Å². The van der Waals surface area contributed by atoms with E-state index < -0.39 is 0 Å². The third kappa shape index (κ3) is 5.63. The lowest BCUT2D eigenvalue weighted by molar-refractivity contribution is 0.482. The molecule has 0 bridgehead atoms. The van der Waals surface area contributed by atoms with Gasteiger partial charge in [0, 0.05) is 16.3 Å². The van der Waals surface area contributed by atoms with E-state index >= 15 is 0 Å². The minimum atomic E-state index is 0.677. The Labute approximate surface area is 185 Å². The monoisotopic (exact) mass is 433 g/mol. The van der Waals surface area contributed by atoms with E-state index in [4.69, 9.17) is 32.7 Å². The molecule has 3 nitrogen and oxygen atoms in total. The molecule has 0 heterocycles. The summed E-state index contributed by atoms with van der Waals surface area (Å²) in [5.41, 5.74) is 1.81. The van der Waals surface area contributed by atoms with Crippen LogP contribution in [0.25, 0.3) is 0 Å². The molecule has 0 fully saturated rings. The van der Waals surface area contributed by atoms with Gasteiger partial charge in [-0.15, -0.1) is 0 Å². The number of aliphatic imine (C=N–C) groups is 1. The Morgan fingerprint density at radius 1 is 0.500 bits per heavy atom.